The molecule has 1 atom stereocenters. The Hall–Kier alpha value is -2.37. The number of carbonyl (C=O) groups excluding carboxylic acids is 1. The number of hydrogen-bond acceptors (Lipinski definition) is 5. The van der Waals surface area contributed by atoms with Crippen LogP contribution in [0.4, 0.5) is 10.7 Å². The number of piperidine rings is 1. The molecule has 3 rings (SSSR count). The highest BCUT2D eigenvalue weighted by Crippen LogP contribution is 2.21. The van der Waals surface area contributed by atoms with Crippen molar-refractivity contribution in [3.63, 3.8) is 0 Å². The first-order valence-corrected chi connectivity index (χ1v) is 8.88. The fourth-order valence-corrected chi connectivity index (χ4v) is 3.04. The SMILES string of the molecule is CC(C)(C)OC(=O)N1CCCC[C@H]1CNc1ncc2ccccc2n1. The third-order valence-corrected chi connectivity index (χ3v) is 4.24. The van der Waals surface area contributed by atoms with Gasteiger partial charge in [0.1, 0.15) is 5.60 Å². The fourth-order valence-electron chi connectivity index (χ4n) is 3.04. The van der Waals surface area contributed by atoms with Gasteiger partial charge in [0.2, 0.25) is 5.95 Å². The topological polar surface area (TPSA) is 67.3 Å². The predicted molar refractivity (Wildman–Crippen MR) is 98.6 cm³/mol. The highest BCUT2D eigenvalue weighted by atomic mass is 16.6. The van der Waals surface area contributed by atoms with E-state index in [1.54, 1.807) is 0 Å². The summed E-state index contributed by atoms with van der Waals surface area (Å²) < 4.78 is 5.55. The number of para-hydroxylation sites is 1. The normalized spacial score (nSPS) is 18.2. The lowest BCUT2D eigenvalue weighted by atomic mass is 10.0. The Kier molecular flexibility index (Phi) is 5.06. The van der Waals surface area contributed by atoms with Gasteiger partial charge in [0.05, 0.1) is 11.6 Å². The van der Waals surface area contributed by atoms with Gasteiger partial charge in [-0.25, -0.2) is 14.8 Å². The smallest absolute Gasteiger partial charge is 0.410 e. The summed E-state index contributed by atoms with van der Waals surface area (Å²) in [6, 6.07) is 7.99. The van der Waals surface area contributed by atoms with Gasteiger partial charge in [-0.05, 0) is 46.1 Å². The number of amides is 1. The van der Waals surface area contributed by atoms with Crippen LogP contribution in [-0.4, -0.2) is 45.7 Å². The van der Waals surface area contributed by atoms with Crippen LogP contribution in [0.1, 0.15) is 40.0 Å². The maximum absolute atomic E-state index is 12.5. The van der Waals surface area contributed by atoms with Gasteiger partial charge in [0.25, 0.3) is 0 Å². The van der Waals surface area contributed by atoms with Gasteiger partial charge < -0.3 is 15.0 Å². The van der Waals surface area contributed by atoms with Gasteiger partial charge in [-0.1, -0.05) is 18.2 Å². The maximum Gasteiger partial charge on any atom is 0.410 e. The zero-order valence-corrected chi connectivity index (χ0v) is 15.2. The third-order valence-electron chi connectivity index (χ3n) is 4.24. The zero-order chi connectivity index (χ0) is 17.9. The summed E-state index contributed by atoms with van der Waals surface area (Å²) in [4.78, 5) is 23.2. The molecule has 2 aromatic rings. The van der Waals surface area contributed by atoms with Gasteiger partial charge in [-0.2, -0.15) is 0 Å². The molecule has 1 aliphatic rings. The number of aromatic nitrogens is 2. The number of fused-ring (bicyclic) bond motifs is 1. The molecule has 0 saturated carbocycles. The Balaban J connectivity index is 1.65. The molecule has 6 nitrogen and oxygen atoms in total. The number of nitrogens with zero attached hydrogens (tertiary/aromatic N) is 3. The molecule has 1 aromatic heterocycles. The minimum atomic E-state index is -0.478. The van der Waals surface area contributed by atoms with Crippen molar-refractivity contribution in [1.82, 2.24) is 14.9 Å². The van der Waals surface area contributed by atoms with Gasteiger partial charge in [-0.3, -0.25) is 0 Å². The summed E-state index contributed by atoms with van der Waals surface area (Å²) in [5, 5.41) is 4.30. The minimum Gasteiger partial charge on any atom is -0.444 e. The molecule has 0 unspecified atom stereocenters. The maximum atomic E-state index is 12.5. The van der Waals surface area contributed by atoms with E-state index in [-0.39, 0.29) is 12.1 Å². The quantitative estimate of drug-likeness (QED) is 0.918. The molecular weight excluding hydrogens is 316 g/mol. The third kappa shape index (κ3) is 4.59. The Bertz CT molecular complexity index is 742. The number of rotatable bonds is 3. The van der Waals surface area contributed by atoms with Crippen LogP contribution in [-0.2, 0) is 4.74 Å². The molecule has 1 aliphatic heterocycles. The number of benzene rings is 1. The monoisotopic (exact) mass is 342 g/mol. The van der Waals surface area contributed by atoms with Crippen molar-refractivity contribution in [2.45, 2.75) is 51.7 Å². The average molecular weight is 342 g/mol. The molecule has 1 saturated heterocycles. The van der Waals surface area contributed by atoms with Crippen LogP contribution in [0, 0.1) is 0 Å². The molecule has 0 radical (unpaired) electrons. The number of hydrogen-bond donors (Lipinski definition) is 1. The molecule has 0 spiro atoms. The van der Waals surface area contributed by atoms with E-state index in [1.165, 1.54) is 0 Å². The van der Waals surface area contributed by atoms with Crippen LogP contribution in [0.3, 0.4) is 0 Å². The number of ether oxygens (including phenoxy) is 1. The summed E-state index contributed by atoms with van der Waals surface area (Å²) >= 11 is 0. The van der Waals surface area contributed by atoms with Crippen molar-refractivity contribution in [2.24, 2.45) is 0 Å². The first-order chi connectivity index (χ1) is 11.9. The van der Waals surface area contributed by atoms with Gasteiger partial charge in [0.15, 0.2) is 0 Å². The number of carbonyl (C=O) groups is 1. The molecule has 1 aromatic carbocycles. The van der Waals surface area contributed by atoms with E-state index < -0.39 is 5.60 Å². The van der Waals surface area contributed by atoms with Crippen molar-refractivity contribution >= 4 is 22.9 Å². The van der Waals surface area contributed by atoms with E-state index in [2.05, 4.69) is 15.3 Å². The fraction of sp³-hybridized carbons (Fsp3) is 0.526. The van der Waals surface area contributed by atoms with E-state index >= 15 is 0 Å². The molecule has 6 heteroatoms. The lowest BCUT2D eigenvalue weighted by Crippen LogP contribution is -2.49. The lowest BCUT2D eigenvalue weighted by molar-refractivity contribution is 0.0114. The Morgan fingerprint density at radius 3 is 2.92 bits per heavy atom. The summed E-state index contributed by atoms with van der Waals surface area (Å²) in [6.45, 7) is 7.04. The minimum absolute atomic E-state index is 0.0960. The van der Waals surface area contributed by atoms with E-state index in [1.807, 2.05) is 56.1 Å². The summed E-state index contributed by atoms with van der Waals surface area (Å²) in [5.41, 5.74) is 0.432. The van der Waals surface area contributed by atoms with E-state index in [4.69, 9.17) is 4.74 Å². The van der Waals surface area contributed by atoms with Crippen molar-refractivity contribution in [1.29, 1.82) is 0 Å². The van der Waals surface area contributed by atoms with Crippen molar-refractivity contribution in [3.8, 4) is 0 Å². The first-order valence-electron chi connectivity index (χ1n) is 8.88. The summed E-state index contributed by atoms with van der Waals surface area (Å²) in [5.74, 6) is 0.591. The van der Waals surface area contributed by atoms with Crippen LogP contribution in [0.25, 0.3) is 10.9 Å². The van der Waals surface area contributed by atoms with Gasteiger partial charge in [0, 0.05) is 24.7 Å². The second kappa shape index (κ2) is 7.25. The van der Waals surface area contributed by atoms with Crippen LogP contribution in [0.15, 0.2) is 30.5 Å². The first kappa shape index (κ1) is 17.5. The van der Waals surface area contributed by atoms with Crippen molar-refractivity contribution in [2.75, 3.05) is 18.4 Å². The van der Waals surface area contributed by atoms with Crippen LogP contribution in [0.2, 0.25) is 0 Å². The average Bonchev–Trinajstić information content (AvgIpc) is 2.58. The molecule has 0 aliphatic carbocycles. The molecule has 2 heterocycles. The molecule has 134 valence electrons. The van der Waals surface area contributed by atoms with Crippen LogP contribution >= 0.6 is 0 Å². The van der Waals surface area contributed by atoms with Crippen LogP contribution < -0.4 is 5.32 Å². The number of likely N-dealkylation sites (tertiary alicyclic amines) is 1. The van der Waals surface area contributed by atoms with E-state index in [9.17, 15) is 4.79 Å². The highest BCUT2D eigenvalue weighted by Gasteiger charge is 2.30. The summed E-state index contributed by atoms with van der Waals surface area (Å²) in [7, 11) is 0. The highest BCUT2D eigenvalue weighted by molar-refractivity contribution is 5.78. The van der Waals surface area contributed by atoms with Crippen molar-refractivity contribution < 1.29 is 9.53 Å². The second-order valence-corrected chi connectivity index (χ2v) is 7.46. The number of anilines is 1. The second-order valence-electron chi connectivity index (χ2n) is 7.46. The Morgan fingerprint density at radius 1 is 1.32 bits per heavy atom. The lowest BCUT2D eigenvalue weighted by Gasteiger charge is -2.36. The summed E-state index contributed by atoms with van der Waals surface area (Å²) in [6.07, 6.45) is 4.67. The van der Waals surface area contributed by atoms with Gasteiger partial charge >= 0.3 is 6.09 Å². The largest absolute Gasteiger partial charge is 0.444 e. The predicted octanol–water partition coefficient (Wildman–Crippen LogP) is 3.83. The molecular formula is C19H26N4O2. The molecule has 25 heavy (non-hydrogen) atoms. The zero-order valence-electron chi connectivity index (χ0n) is 15.2. The Labute approximate surface area is 148 Å². The van der Waals surface area contributed by atoms with E-state index in [0.717, 1.165) is 36.7 Å². The van der Waals surface area contributed by atoms with Crippen molar-refractivity contribution in [3.05, 3.63) is 30.5 Å². The van der Waals surface area contributed by atoms with Crippen LogP contribution in [0.5, 0.6) is 0 Å². The van der Waals surface area contributed by atoms with Gasteiger partial charge in [-0.15, -0.1) is 0 Å². The number of nitrogens with one attached hydrogen (secondary N) is 1. The Morgan fingerprint density at radius 2 is 2.12 bits per heavy atom. The molecule has 1 N–H and O–H groups in total. The molecule has 1 fully saturated rings. The standard InChI is InChI=1S/C19H26N4O2/c1-19(2,3)25-18(24)23-11-7-6-9-15(23)13-21-17-20-12-14-8-4-5-10-16(14)22-17/h4-5,8,10,12,15H,6-7,9,11,13H2,1-3H3,(H,20,21,22)/t15-/m0/s1. The molecule has 0 bridgehead atoms. The van der Waals surface area contributed by atoms with E-state index in [0.29, 0.717) is 12.5 Å². The molecule has 1 amide bonds.